The number of thiazole rings is 1. The number of nitrogens with one attached hydrogen (secondary N) is 1. The first-order valence-electron chi connectivity index (χ1n) is 6.13. The summed E-state index contributed by atoms with van der Waals surface area (Å²) in [5.41, 5.74) is 0. The number of hydrogen-bond donors (Lipinski definition) is 1. The largest absolute Gasteiger partial charge is 0.362 e. The molecule has 0 bridgehead atoms. The normalized spacial score (nSPS) is 24.0. The zero-order valence-electron chi connectivity index (χ0n) is 10.7. The van der Waals surface area contributed by atoms with Gasteiger partial charge in [-0.15, -0.1) is 11.3 Å². The molecular formula is C11H19N3O2S2. The first kappa shape index (κ1) is 13.8. The minimum atomic E-state index is -2.83. The van der Waals surface area contributed by atoms with E-state index in [4.69, 9.17) is 0 Å². The molecule has 1 aliphatic heterocycles. The molecule has 2 heterocycles. The average Bonchev–Trinajstić information content (AvgIpc) is 2.70. The molecule has 0 radical (unpaired) electrons. The van der Waals surface area contributed by atoms with Crippen LogP contribution < -0.4 is 5.32 Å². The molecule has 2 rings (SSSR count). The van der Waals surface area contributed by atoms with Gasteiger partial charge >= 0.3 is 0 Å². The van der Waals surface area contributed by atoms with E-state index in [2.05, 4.69) is 15.2 Å². The highest BCUT2D eigenvalue weighted by Crippen LogP contribution is 2.22. The summed E-state index contributed by atoms with van der Waals surface area (Å²) in [5, 5.41) is 4.12. The van der Waals surface area contributed by atoms with Gasteiger partial charge in [0.1, 0.15) is 0 Å². The lowest BCUT2D eigenvalue weighted by Gasteiger charge is -2.32. The quantitative estimate of drug-likeness (QED) is 0.902. The SMILES string of the molecule is CCNc1ncc(CN2CCS(=O)(=O)CC2C)s1. The molecule has 5 nitrogen and oxygen atoms in total. The first-order chi connectivity index (χ1) is 8.50. The summed E-state index contributed by atoms with van der Waals surface area (Å²) < 4.78 is 23.0. The van der Waals surface area contributed by atoms with Crippen molar-refractivity contribution >= 4 is 26.3 Å². The Kier molecular flexibility index (Phi) is 4.24. The Morgan fingerprint density at radius 1 is 1.61 bits per heavy atom. The van der Waals surface area contributed by atoms with Gasteiger partial charge in [-0.1, -0.05) is 0 Å². The predicted molar refractivity (Wildman–Crippen MR) is 74.8 cm³/mol. The van der Waals surface area contributed by atoms with Gasteiger partial charge < -0.3 is 5.32 Å². The van der Waals surface area contributed by atoms with Crippen molar-refractivity contribution in [2.24, 2.45) is 0 Å². The van der Waals surface area contributed by atoms with Gasteiger partial charge in [0.2, 0.25) is 0 Å². The van der Waals surface area contributed by atoms with Crippen molar-refractivity contribution in [1.82, 2.24) is 9.88 Å². The molecule has 1 N–H and O–H groups in total. The number of anilines is 1. The maximum absolute atomic E-state index is 11.5. The van der Waals surface area contributed by atoms with Crippen molar-refractivity contribution < 1.29 is 8.42 Å². The van der Waals surface area contributed by atoms with Crippen LogP contribution in [-0.2, 0) is 16.4 Å². The Morgan fingerprint density at radius 3 is 3.06 bits per heavy atom. The van der Waals surface area contributed by atoms with Crippen molar-refractivity contribution in [1.29, 1.82) is 0 Å². The topological polar surface area (TPSA) is 62.3 Å². The van der Waals surface area contributed by atoms with E-state index in [1.165, 1.54) is 4.88 Å². The number of sulfone groups is 1. The second-order valence-corrected chi connectivity index (χ2v) is 7.94. The third-order valence-corrected chi connectivity index (χ3v) is 5.78. The first-order valence-corrected chi connectivity index (χ1v) is 8.77. The molecule has 1 aromatic rings. The zero-order valence-corrected chi connectivity index (χ0v) is 12.4. The van der Waals surface area contributed by atoms with Gasteiger partial charge in [0, 0.05) is 36.8 Å². The van der Waals surface area contributed by atoms with Crippen LogP contribution in [0.2, 0.25) is 0 Å². The molecule has 0 aliphatic carbocycles. The summed E-state index contributed by atoms with van der Waals surface area (Å²) in [6.45, 7) is 6.30. The van der Waals surface area contributed by atoms with Crippen LogP contribution in [0.25, 0.3) is 0 Å². The third-order valence-electron chi connectivity index (χ3n) is 3.05. The standard InChI is InChI=1S/C11H19N3O2S2/c1-3-12-11-13-6-10(17-11)7-14-4-5-18(15,16)8-9(14)2/h6,9H,3-5,7-8H2,1-2H3,(H,12,13). The molecule has 0 aromatic carbocycles. The Bertz CT molecular complexity index is 498. The van der Waals surface area contributed by atoms with E-state index in [0.29, 0.717) is 6.54 Å². The van der Waals surface area contributed by atoms with Crippen molar-refractivity contribution in [3.05, 3.63) is 11.1 Å². The van der Waals surface area contributed by atoms with E-state index in [1.54, 1.807) is 11.3 Å². The Labute approximate surface area is 112 Å². The summed E-state index contributed by atoms with van der Waals surface area (Å²) in [7, 11) is -2.83. The highest BCUT2D eigenvalue weighted by atomic mass is 32.2. The summed E-state index contributed by atoms with van der Waals surface area (Å²) in [5.74, 6) is 0.544. The summed E-state index contributed by atoms with van der Waals surface area (Å²) in [4.78, 5) is 7.68. The van der Waals surface area contributed by atoms with Gasteiger partial charge in [0.15, 0.2) is 15.0 Å². The highest BCUT2D eigenvalue weighted by Gasteiger charge is 2.28. The van der Waals surface area contributed by atoms with Gasteiger partial charge in [-0.3, -0.25) is 4.90 Å². The second kappa shape index (κ2) is 5.54. The molecule has 1 fully saturated rings. The van der Waals surface area contributed by atoms with Crippen LogP contribution in [0.1, 0.15) is 18.7 Å². The van der Waals surface area contributed by atoms with Gasteiger partial charge in [-0.25, -0.2) is 13.4 Å². The molecule has 0 amide bonds. The van der Waals surface area contributed by atoms with Gasteiger partial charge in [-0.05, 0) is 13.8 Å². The van der Waals surface area contributed by atoms with Crippen LogP contribution in [0.15, 0.2) is 6.20 Å². The van der Waals surface area contributed by atoms with Gasteiger partial charge in [0.25, 0.3) is 0 Å². The fourth-order valence-electron chi connectivity index (χ4n) is 2.08. The van der Waals surface area contributed by atoms with E-state index in [0.717, 1.165) is 18.2 Å². The number of aromatic nitrogens is 1. The second-order valence-electron chi connectivity index (χ2n) is 4.60. The van der Waals surface area contributed by atoms with Crippen LogP contribution in [0.4, 0.5) is 5.13 Å². The number of rotatable bonds is 4. The highest BCUT2D eigenvalue weighted by molar-refractivity contribution is 7.91. The Hall–Kier alpha value is -0.660. The monoisotopic (exact) mass is 289 g/mol. The molecule has 0 spiro atoms. The molecule has 102 valence electrons. The summed E-state index contributed by atoms with van der Waals surface area (Å²) >= 11 is 1.64. The van der Waals surface area contributed by atoms with Crippen LogP contribution in [-0.4, -0.2) is 48.9 Å². The molecule has 7 heteroatoms. The molecule has 1 aromatic heterocycles. The van der Waals surface area contributed by atoms with E-state index >= 15 is 0 Å². The fourth-order valence-corrected chi connectivity index (χ4v) is 4.61. The molecule has 0 saturated carbocycles. The van der Waals surface area contributed by atoms with E-state index in [9.17, 15) is 8.42 Å². The summed E-state index contributed by atoms with van der Waals surface area (Å²) in [6, 6.07) is 0.0911. The minimum absolute atomic E-state index is 0.0911. The van der Waals surface area contributed by atoms with E-state index in [-0.39, 0.29) is 17.5 Å². The molecule has 1 aliphatic rings. The average molecular weight is 289 g/mol. The van der Waals surface area contributed by atoms with E-state index in [1.807, 2.05) is 20.0 Å². The lowest BCUT2D eigenvalue weighted by Crippen LogP contribution is -2.46. The molecule has 1 unspecified atom stereocenters. The van der Waals surface area contributed by atoms with Gasteiger partial charge in [0.05, 0.1) is 11.5 Å². The predicted octanol–water partition coefficient (Wildman–Crippen LogP) is 1.19. The van der Waals surface area contributed by atoms with E-state index < -0.39 is 9.84 Å². The van der Waals surface area contributed by atoms with Crippen LogP contribution >= 0.6 is 11.3 Å². The lowest BCUT2D eigenvalue weighted by molar-refractivity contribution is 0.220. The molecular weight excluding hydrogens is 270 g/mol. The minimum Gasteiger partial charge on any atom is -0.362 e. The zero-order chi connectivity index (χ0) is 13.2. The maximum atomic E-state index is 11.5. The summed E-state index contributed by atoms with van der Waals surface area (Å²) in [6.07, 6.45) is 1.87. The third kappa shape index (κ3) is 3.43. The van der Waals surface area contributed by atoms with Crippen LogP contribution in [0, 0.1) is 0 Å². The van der Waals surface area contributed by atoms with Crippen molar-refractivity contribution in [2.45, 2.75) is 26.4 Å². The van der Waals surface area contributed by atoms with Crippen molar-refractivity contribution in [2.75, 3.05) is 29.9 Å². The lowest BCUT2D eigenvalue weighted by atomic mass is 10.3. The molecule has 1 atom stereocenters. The number of hydrogen-bond acceptors (Lipinski definition) is 6. The Morgan fingerprint density at radius 2 is 2.39 bits per heavy atom. The van der Waals surface area contributed by atoms with Crippen molar-refractivity contribution in [3.63, 3.8) is 0 Å². The van der Waals surface area contributed by atoms with Crippen LogP contribution in [0.5, 0.6) is 0 Å². The maximum Gasteiger partial charge on any atom is 0.182 e. The molecule has 18 heavy (non-hydrogen) atoms. The van der Waals surface area contributed by atoms with Crippen LogP contribution in [0.3, 0.4) is 0 Å². The smallest absolute Gasteiger partial charge is 0.182 e. The fraction of sp³-hybridized carbons (Fsp3) is 0.727. The molecule has 1 saturated heterocycles. The Balaban J connectivity index is 1.97. The number of nitrogens with zero attached hydrogens (tertiary/aromatic N) is 2. The van der Waals surface area contributed by atoms with Gasteiger partial charge in [-0.2, -0.15) is 0 Å². The van der Waals surface area contributed by atoms with Crippen molar-refractivity contribution in [3.8, 4) is 0 Å².